The maximum atomic E-state index is 11.3. The standard InChI is InChI=1S/C13H24O7S.2Na/c1-2-3-4-5-6-7-8-9-20-12(14)10-11(13(15)16)21(17,18)19;;/h11H,2-10H2,1H3,(H,15,16)(H,17,18,19);;/q;2*+1/p-2. The van der Waals surface area contributed by atoms with Gasteiger partial charge in [0.25, 0.3) is 0 Å². The summed E-state index contributed by atoms with van der Waals surface area (Å²) in [7, 11) is -5.12. The Hall–Kier alpha value is 0.850. The van der Waals surface area contributed by atoms with Crippen molar-refractivity contribution >= 4 is 22.1 Å². The van der Waals surface area contributed by atoms with Crippen molar-refractivity contribution in [3.63, 3.8) is 0 Å². The van der Waals surface area contributed by atoms with Gasteiger partial charge in [-0.1, -0.05) is 45.4 Å². The summed E-state index contributed by atoms with van der Waals surface area (Å²) in [5.41, 5.74) is 0. The minimum Gasteiger partial charge on any atom is -0.747 e. The van der Waals surface area contributed by atoms with E-state index in [4.69, 9.17) is 4.74 Å². The zero-order valence-corrected chi connectivity index (χ0v) is 19.0. The molecule has 23 heavy (non-hydrogen) atoms. The van der Waals surface area contributed by atoms with Crippen LogP contribution in [0.2, 0.25) is 0 Å². The van der Waals surface area contributed by atoms with Crippen LogP contribution < -0.4 is 64.2 Å². The van der Waals surface area contributed by atoms with E-state index in [1.54, 1.807) is 0 Å². The number of carbonyl (C=O) groups excluding carboxylic acids is 2. The molecule has 0 aliphatic rings. The van der Waals surface area contributed by atoms with E-state index in [2.05, 4.69) is 6.92 Å². The topological polar surface area (TPSA) is 124 Å². The molecule has 1 atom stereocenters. The van der Waals surface area contributed by atoms with Gasteiger partial charge in [-0.15, -0.1) is 0 Å². The smallest absolute Gasteiger partial charge is 0.747 e. The molecule has 124 valence electrons. The molecule has 0 heterocycles. The number of unbranched alkanes of at least 4 members (excludes halogenated alkanes) is 6. The number of carboxylic acids is 1. The molecule has 1 unspecified atom stereocenters. The van der Waals surface area contributed by atoms with Gasteiger partial charge in [0.05, 0.1) is 24.2 Å². The molecule has 0 aromatic carbocycles. The number of hydrogen-bond acceptors (Lipinski definition) is 7. The van der Waals surface area contributed by atoms with E-state index in [0.717, 1.165) is 19.3 Å². The van der Waals surface area contributed by atoms with Crippen molar-refractivity contribution in [3.8, 4) is 0 Å². The van der Waals surface area contributed by atoms with Crippen LogP contribution in [-0.2, 0) is 24.4 Å². The van der Waals surface area contributed by atoms with Crippen molar-refractivity contribution in [3.05, 3.63) is 0 Å². The van der Waals surface area contributed by atoms with E-state index < -0.39 is 33.7 Å². The van der Waals surface area contributed by atoms with Gasteiger partial charge in [-0.2, -0.15) is 0 Å². The van der Waals surface area contributed by atoms with Gasteiger partial charge in [-0.25, -0.2) is 8.42 Å². The summed E-state index contributed by atoms with van der Waals surface area (Å²) in [6, 6.07) is 0. The van der Waals surface area contributed by atoms with Crippen molar-refractivity contribution in [2.24, 2.45) is 0 Å². The number of carboxylic acid groups (broad SMARTS) is 1. The van der Waals surface area contributed by atoms with Gasteiger partial charge in [0.15, 0.2) is 0 Å². The number of rotatable bonds is 12. The van der Waals surface area contributed by atoms with Gasteiger partial charge in [0.2, 0.25) is 0 Å². The Morgan fingerprint density at radius 2 is 1.48 bits per heavy atom. The quantitative estimate of drug-likeness (QED) is 0.146. The SMILES string of the molecule is CCCCCCCCCOC(=O)CC(C(=O)[O-])S(=O)(=O)[O-].[Na+].[Na+]. The second-order valence-corrected chi connectivity index (χ2v) is 6.40. The molecule has 0 aliphatic carbocycles. The van der Waals surface area contributed by atoms with Crippen LogP contribution in [0.3, 0.4) is 0 Å². The Balaban J connectivity index is -0.00000200. The maximum Gasteiger partial charge on any atom is 1.00 e. The van der Waals surface area contributed by atoms with Crippen LogP contribution in [0.15, 0.2) is 0 Å². The van der Waals surface area contributed by atoms with E-state index in [1.807, 2.05) is 0 Å². The Kier molecular flexibility index (Phi) is 20.3. The molecule has 0 spiro atoms. The summed E-state index contributed by atoms with van der Waals surface area (Å²) in [4.78, 5) is 21.7. The molecule has 0 aromatic rings. The number of hydrogen-bond donors (Lipinski definition) is 0. The molecule has 0 fully saturated rings. The fourth-order valence-corrected chi connectivity index (χ4v) is 2.33. The van der Waals surface area contributed by atoms with Gasteiger partial charge in [-0.3, -0.25) is 4.79 Å². The largest absolute Gasteiger partial charge is 1.00 e. The Morgan fingerprint density at radius 1 is 1.00 bits per heavy atom. The molecule has 7 nitrogen and oxygen atoms in total. The van der Waals surface area contributed by atoms with Crippen LogP contribution in [0.5, 0.6) is 0 Å². The summed E-state index contributed by atoms with van der Waals surface area (Å²) in [5.74, 6) is -3.10. The summed E-state index contributed by atoms with van der Waals surface area (Å²) >= 11 is 0. The Labute approximate surface area is 182 Å². The molecule has 0 saturated carbocycles. The summed E-state index contributed by atoms with van der Waals surface area (Å²) in [6.07, 6.45) is 6.16. The van der Waals surface area contributed by atoms with Crippen molar-refractivity contribution < 1.29 is 91.5 Å². The predicted molar refractivity (Wildman–Crippen MR) is 72.1 cm³/mol. The molecule has 0 N–H and O–H groups in total. The van der Waals surface area contributed by atoms with E-state index in [-0.39, 0.29) is 65.7 Å². The van der Waals surface area contributed by atoms with Crippen molar-refractivity contribution in [1.82, 2.24) is 0 Å². The van der Waals surface area contributed by atoms with Crippen LogP contribution in [0.25, 0.3) is 0 Å². The third-order valence-electron chi connectivity index (χ3n) is 2.97. The minimum absolute atomic E-state index is 0. The average molecular weight is 368 g/mol. The molecule has 10 heteroatoms. The van der Waals surface area contributed by atoms with Crippen LogP contribution in [-0.4, -0.2) is 36.8 Å². The van der Waals surface area contributed by atoms with Crippen LogP contribution >= 0.6 is 0 Å². The van der Waals surface area contributed by atoms with Gasteiger partial charge in [0.1, 0.15) is 10.1 Å². The monoisotopic (exact) mass is 368 g/mol. The van der Waals surface area contributed by atoms with Gasteiger partial charge in [-0.05, 0) is 6.42 Å². The number of aliphatic carboxylic acids is 1. The predicted octanol–water partition coefficient (Wildman–Crippen LogP) is -5.66. The van der Waals surface area contributed by atoms with E-state index in [9.17, 15) is 27.7 Å². The molecule has 0 aromatic heterocycles. The van der Waals surface area contributed by atoms with Crippen molar-refractivity contribution in [2.45, 2.75) is 63.5 Å². The first kappa shape index (κ1) is 28.6. The maximum absolute atomic E-state index is 11.3. The summed E-state index contributed by atoms with van der Waals surface area (Å²) in [5, 5.41) is 8.10. The molecule has 0 bridgehead atoms. The number of esters is 1. The van der Waals surface area contributed by atoms with Crippen LogP contribution in [0, 0.1) is 0 Å². The molecular weight excluding hydrogens is 346 g/mol. The average Bonchev–Trinajstić information content (AvgIpc) is 2.37. The first-order chi connectivity index (χ1) is 9.79. The van der Waals surface area contributed by atoms with Crippen molar-refractivity contribution in [1.29, 1.82) is 0 Å². The van der Waals surface area contributed by atoms with Gasteiger partial charge < -0.3 is 19.2 Å². The Bertz CT molecular complexity index is 426. The third-order valence-corrected chi connectivity index (χ3v) is 4.03. The Morgan fingerprint density at radius 3 is 1.91 bits per heavy atom. The zero-order chi connectivity index (χ0) is 16.3. The first-order valence-electron chi connectivity index (χ1n) is 7.10. The molecule has 0 aliphatic heterocycles. The van der Waals surface area contributed by atoms with E-state index in [0.29, 0.717) is 6.42 Å². The second-order valence-electron chi connectivity index (χ2n) is 4.85. The summed E-state index contributed by atoms with van der Waals surface area (Å²) < 4.78 is 36.6. The summed E-state index contributed by atoms with van der Waals surface area (Å²) in [6.45, 7) is 2.22. The number of ether oxygens (including phenoxy) is 1. The molecule has 0 rings (SSSR count). The number of carbonyl (C=O) groups is 2. The van der Waals surface area contributed by atoms with E-state index in [1.165, 1.54) is 19.3 Å². The first-order valence-corrected chi connectivity index (χ1v) is 8.57. The fraction of sp³-hybridized carbons (Fsp3) is 0.846. The fourth-order valence-electron chi connectivity index (χ4n) is 1.76. The molecule has 0 radical (unpaired) electrons. The second kappa shape index (κ2) is 16.3. The normalized spacial score (nSPS) is 11.7. The molecule has 0 amide bonds. The van der Waals surface area contributed by atoms with Crippen LogP contribution in [0.4, 0.5) is 0 Å². The zero-order valence-electron chi connectivity index (χ0n) is 14.2. The third kappa shape index (κ3) is 16.1. The van der Waals surface area contributed by atoms with Crippen LogP contribution in [0.1, 0.15) is 58.3 Å². The molecular formula is C13H22Na2O7S. The van der Waals surface area contributed by atoms with Gasteiger partial charge >= 0.3 is 65.1 Å². The molecule has 0 saturated heterocycles. The minimum atomic E-state index is -5.12. The van der Waals surface area contributed by atoms with Crippen molar-refractivity contribution in [2.75, 3.05) is 6.61 Å². The van der Waals surface area contributed by atoms with E-state index >= 15 is 0 Å². The van der Waals surface area contributed by atoms with Gasteiger partial charge in [0, 0.05) is 0 Å².